The van der Waals surface area contributed by atoms with Crippen LogP contribution in [-0.2, 0) is 5.54 Å². The van der Waals surface area contributed by atoms with Gasteiger partial charge in [-0.25, -0.2) is 4.98 Å². The number of nitrogens with zero attached hydrogens (tertiary/aromatic N) is 1. The maximum atomic E-state index is 5.93. The first-order valence-corrected chi connectivity index (χ1v) is 6.22. The standard InChI is InChI=1S/C15H19N3O/c1-15(11-16,12-6-4-3-5-7-12)18-14-9-8-13(19-2)10-17-14/h3-10H,11,16H2,1-2H3,(H,17,18). The Morgan fingerprint density at radius 3 is 2.47 bits per heavy atom. The lowest BCUT2D eigenvalue weighted by molar-refractivity contribution is 0.413. The average Bonchev–Trinajstić information content (AvgIpc) is 2.49. The first kappa shape index (κ1) is 13.4. The van der Waals surface area contributed by atoms with Gasteiger partial charge in [-0.3, -0.25) is 0 Å². The largest absolute Gasteiger partial charge is 0.495 e. The first-order chi connectivity index (χ1) is 9.18. The molecule has 1 unspecified atom stereocenters. The third kappa shape index (κ3) is 3.03. The fraction of sp³-hybridized carbons (Fsp3) is 0.267. The van der Waals surface area contributed by atoms with Gasteiger partial charge in [0.15, 0.2) is 0 Å². The van der Waals surface area contributed by atoms with Crippen molar-refractivity contribution in [3.05, 3.63) is 54.2 Å². The van der Waals surface area contributed by atoms with Crippen LogP contribution in [0.5, 0.6) is 5.75 Å². The van der Waals surface area contributed by atoms with E-state index in [0.717, 1.165) is 17.1 Å². The number of methoxy groups -OCH3 is 1. The second-order valence-electron chi connectivity index (χ2n) is 4.61. The van der Waals surface area contributed by atoms with E-state index in [1.54, 1.807) is 13.3 Å². The molecular weight excluding hydrogens is 238 g/mol. The number of hydrogen-bond donors (Lipinski definition) is 2. The molecule has 0 aliphatic carbocycles. The number of rotatable bonds is 5. The van der Waals surface area contributed by atoms with Gasteiger partial charge in [0.05, 0.1) is 18.8 Å². The van der Waals surface area contributed by atoms with Crippen LogP contribution in [0, 0.1) is 0 Å². The van der Waals surface area contributed by atoms with Gasteiger partial charge in [0.2, 0.25) is 0 Å². The van der Waals surface area contributed by atoms with Crippen molar-refractivity contribution >= 4 is 5.82 Å². The minimum absolute atomic E-state index is 0.344. The Hall–Kier alpha value is -2.07. The first-order valence-electron chi connectivity index (χ1n) is 6.22. The highest BCUT2D eigenvalue weighted by Crippen LogP contribution is 2.24. The van der Waals surface area contributed by atoms with Crippen LogP contribution in [0.2, 0.25) is 0 Å². The van der Waals surface area contributed by atoms with E-state index in [4.69, 9.17) is 10.5 Å². The minimum Gasteiger partial charge on any atom is -0.495 e. The van der Waals surface area contributed by atoms with E-state index in [-0.39, 0.29) is 5.54 Å². The van der Waals surface area contributed by atoms with Crippen molar-refractivity contribution in [3.63, 3.8) is 0 Å². The summed E-state index contributed by atoms with van der Waals surface area (Å²) in [6.45, 7) is 2.54. The predicted molar refractivity (Wildman–Crippen MR) is 77.3 cm³/mol. The lowest BCUT2D eigenvalue weighted by Crippen LogP contribution is -2.39. The molecule has 0 bridgehead atoms. The van der Waals surface area contributed by atoms with Crippen LogP contribution in [-0.4, -0.2) is 18.6 Å². The Bertz CT molecular complexity index is 513. The van der Waals surface area contributed by atoms with Gasteiger partial charge in [-0.15, -0.1) is 0 Å². The molecule has 1 atom stereocenters. The van der Waals surface area contributed by atoms with Gasteiger partial charge >= 0.3 is 0 Å². The van der Waals surface area contributed by atoms with Gasteiger partial charge < -0.3 is 15.8 Å². The van der Waals surface area contributed by atoms with E-state index >= 15 is 0 Å². The van der Waals surface area contributed by atoms with Gasteiger partial charge in [0.25, 0.3) is 0 Å². The molecule has 4 nitrogen and oxygen atoms in total. The highest BCUT2D eigenvalue weighted by atomic mass is 16.5. The Kier molecular flexibility index (Phi) is 4.02. The predicted octanol–water partition coefficient (Wildman–Crippen LogP) is 2.38. The number of nitrogens with one attached hydrogen (secondary N) is 1. The summed E-state index contributed by atoms with van der Waals surface area (Å²) in [5, 5.41) is 3.38. The van der Waals surface area contributed by atoms with E-state index < -0.39 is 0 Å². The monoisotopic (exact) mass is 257 g/mol. The molecule has 0 radical (unpaired) electrons. The van der Waals surface area contributed by atoms with Gasteiger partial charge in [-0.05, 0) is 24.6 Å². The molecule has 2 rings (SSSR count). The summed E-state index contributed by atoms with van der Waals surface area (Å²) in [6, 6.07) is 13.9. The number of ether oxygens (including phenoxy) is 1. The maximum Gasteiger partial charge on any atom is 0.137 e. The van der Waals surface area contributed by atoms with E-state index in [1.807, 2.05) is 30.3 Å². The van der Waals surface area contributed by atoms with Gasteiger partial charge in [-0.1, -0.05) is 30.3 Å². The van der Waals surface area contributed by atoms with Gasteiger partial charge in [0, 0.05) is 6.54 Å². The van der Waals surface area contributed by atoms with Gasteiger partial charge in [0.1, 0.15) is 11.6 Å². The topological polar surface area (TPSA) is 60.2 Å². The summed E-state index contributed by atoms with van der Waals surface area (Å²) < 4.78 is 5.10. The summed E-state index contributed by atoms with van der Waals surface area (Å²) in [6.07, 6.45) is 1.68. The van der Waals surface area contributed by atoms with Crippen molar-refractivity contribution in [3.8, 4) is 5.75 Å². The molecule has 2 aromatic rings. The van der Waals surface area contributed by atoms with Crippen molar-refractivity contribution in [2.45, 2.75) is 12.5 Å². The zero-order valence-electron chi connectivity index (χ0n) is 11.3. The Morgan fingerprint density at radius 1 is 1.21 bits per heavy atom. The molecule has 0 amide bonds. The van der Waals surface area contributed by atoms with Gasteiger partial charge in [-0.2, -0.15) is 0 Å². The Balaban J connectivity index is 2.22. The molecular formula is C15H19N3O. The zero-order valence-corrected chi connectivity index (χ0v) is 11.3. The molecule has 100 valence electrons. The van der Waals surface area contributed by atoms with Crippen LogP contribution in [0.25, 0.3) is 0 Å². The molecule has 4 heteroatoms. The molecule has 1 aromatic heterocycles. The zero-order chi connectivity index (χ0) is 13.7. The van der Waals surface area contributed by atoms with Crippen molar-refractivity contribution in [2.75, 3.05) is 19.0 Å². The summed E-state index contributed by atoms with van der Waals surface area (Å²) >= 11 is 0. The number of aromatic nitrogens is 1. The number of hydrogen-bond acceptors (Lipinski definition) is 4. The quantitative estimate of drug-likeness (QED) is 0.863. The van der Waals surface area contributed by atoms with E-state index in [0.29, 0.717) is 6.54 Å². The molecule has 0 fully saturated rings. The third-order valence-corrected chi connectivity index (χ3v) is 3.20. The van der Waals surface area contributed by atoms with E-state index in [2.05, 4.69) is 29.4 Å². The van der Waals surface area contributed by atoms with Crippen LogP contribution in [0.4, 0.5) is 5.82 Å². The SMILES string of the molecule is COc1ccc(NC(C)(CN)c2ccccc2)nc1. The number of anilines is 1. The summed E-state index contributed by atoms with van der Waals surface area (Å²) in [5.74, 6) is 1.51. The Morgan fingerprint density at radius 2 is 1.95 bits per heavy atom. The molecule has 0 saturated heterocycles. The van der Waals surface area contributed by atoms with Crippen molar-refractivity contribution in [1.29, 1.82) is 0 Å². The Labute approximate surface area is 113 Å². The maximum absolute atomic E-state index is 5.93. The molecule has 0 spiro atoms. The third-order valence-electron chi connectivity index (χ3n) is 3.20. The highest BCUT2D eigenvalue weighted by molar-refractivity contribution is 5.43. The fourth-order valence-electron chi connectivity index (χ4n) is 1.90. The lowest BCUT2D eigenvalue weighted by atomic mass is 9.92. The fourth-order valence-corrected chi connectivity index (χ4v) is 1.90. The van der Waals surface area contributed by atoms with Crippen LogP contribution >= 0.6 is 0 Å². The molecule has 1 aromatic carbocycles. The van der Waals surface area contributed by atoms with Crippen LogP contribution in [0.1, 0.15) is 12.5 Å². The van der Waals surface area contributed by atoms with E-state index in [1.165, 1.54) is 0 Å². The number of nitrogens with two attached hydrogens (primary N) is 1. The highest BCUT2D eigenvalue weighted by Gasteiger charge is 2.24. The molecule has 19 heavy (non-hydrogen) atoms. The number of benzene rings is 1. The normalized spacial score (nSPS) is 13.6. The average molecular weight is 257 g/mol. The molecule has 1 heterocycles. The van der Waals surface area contributed by atoms with Crippen molar-refractivity contribution in [1.82, 2.24) is 4.98 Å². The summed E-state index contributed by atoms with van der Waals surface area (Å²) in [7, 11) is 1.62. The minimum atomic E-state index is -0.344. The van der Waals surface area contributed by atoms with Crippen molar-refractivity contribution < 1.29 is 4.74 Å². The van der Waals surface area contributed by atoms with Crippen molar-refractivity contribution in [2.24, 2.45) is 5.73 Å². The molecule has 0 saturated carbocycles. The van der Waals surface area contributed by atoms with Crippen LogP contribution in [0.15, 0.2) is 48.7 Å². The summed E-state index contributed by atoms with van der Waals surface area (Å²) in [5.41, 5.74) is 6.72. The van der Waals surface area contributed by atoms with Crippen LogP contribution < -0.4 is 15.8 Å². The molecule has 0 aliphatic rings. The molecule has 0 aliphatic heterocycles. The number of pyridine rings is 1. The lowest BCUT2D eigenvalue weighted by Gasteiger charge is -2.30. The second-order valence-corrected chi connectivity index (χ2v) is 4.61. The van der Waals surface area contributed by atoms with Crippen LogP contribution in [0.3, 0.4) is 0 Å². The second kappa shape index (κ2) is 5.71. The van der Waals surface area contributed by atoms with E-state index in [9.17, 15) is 0 Å². The molecule has 3 N–H and O–H groups in total. The summed E-state index contributed by atoms with van der Waals surface area (Å²) in [4.78, 5) is 4.32. The smallest absolute Gasteiger partial charge is 0.137 e.